The molecular weight excluding hydrogens is 262 g/mol. The van der Waals surface area contributed by atoms with Crippen LogP contribution < -0.4 is 5.73 Å². The SMILES string of the molecule is CCOC(c1noc(C(N)c2cccs2)n1)C1CC1. The van der Waals surface area contributed by atoms with Crippen molar-refractivity contribution in [2.45, 2.75) is 31.9 Å². The van der Waals surface area contributed by atoms with Gasteiger partial charge in [-0.15, -0.1) is 11.3 Å². The van der Waals surface area contributed by atoms with Gasteiger partial charge in [-0.05, 0) is 37.1 Å². The lowest BCUT2D eigenvalue weighted by Gasteiger charge is -2.11. The molecule has 1 saturated carbocycles. The fraction of sp³-hybridized carbons (Fsp3) is 0.538. The number of aromatic nitrogens is 2. The van der Waals surface area contributed by atoms with Crippen molar-refractivity contribution < 1.29 is 9.26 Å². The molecule has 2 aromatic rings. The molecule has 1 aliphatic carbocycles. The summed E-state index contributed by atoms with van der Waals surface area (Å²) in [6.07, 6.45) is 2.30. The molecule has 3 rings (SSSR count). The van der Waals surface area contributed by atoms with E-state index in [-0.39, 0.29) is 12.1 Å². The fourth-order valence-corrected chi connectivity index (χ4v) is 2.80. The van der Waals surface area contributed by atoms with E-state index in [9.17, 15) is 0 Å². The molecule has 0 amide bonds. The van der Waals surface area contributed by atoms with Crippen LogP contribution in [0, 0.1) is 5.92 Å². The van der Waals surface area contributed by atoms with E-state index in [2.05, 4.69) is 10.1 Å². The van der Waals surface area contributed by atoms with Gasteiger partial charge in [0.25, 0.3) is 0 Å². The summed E-state index contributed by atoms with van der Waals surface area (Å²) in [5.74, 6) is 1.62. The highest BCUT2D eigenvalue weighted by Crippen LogP contribution is 2.42. The molecule has 6 heteroatoms. The van der Waals surface area contributed by atoms with E-state index in [0.29, 0.717) is 24.2 Å². The van der Waals surface area contributed by atoms with Gasteiger partial charge < -0.3 is 15.0 Å². The zero-order valence-corrected chi connectivity index (χ0v) is 11.6. The Hall–Kier alpha value is -1.24. The Morgan fingerprint density at radius 1 is 1.58 bits per heavy atom. The zero-order valence-electron chi connectivity index (χ0n) is 10.8. The van der Waals surface area contributed by atoms with Crippen LogP contribution in [0.4, 0.5) is 0 Å². The summed E-state index contributed by atoms with van der Waals surface area (Å²) in [5.41, 5.74) is 6.11. The quantitative estimate of drug-likeness (QED) is 0.880. The van der Waals surface area contributed by atoms with E-state index in [1.54, 1.807) is 11.3 Å². The zero-order chi connectivity index (χ0) is 13.2. The molecule has 2 N–H and O–H groups in total. The maximum absolute atomic E-state index is 6.11. The molecule has 19 heavy (non-hydrogen) atoms. The van der Waals surface area contributed by atoms with Crippen molar-refractivity contribution in [3.8, 4) is 0 Å². The van der Waals surface area contributed by atoms with Crippen LogP contribution in [0.5, 0.6) is 0 Å². The highest BCUT2D eigenvalue weighted by molar-refractivity contribution is 7.10. The monoisotopic (exact) mass is 279 g/mol. The molecule has 0 aliphatic heterocycles. The average molecular weight is 279 g/mol. The van der Waals surface area contributed by atoms with Gasteiger partial charge in [0.1, 0.15) is 12.1 Å². The van der Waals surface area contributed by atoms with Crippen molar-refractivity contribution in [1.82, 2.24) is 10.1 Å². The second kappa shape index (κ2) is 5.40. The average Bonchev–Trinajstić information content (AvgIpc) is 2.95. The van der Waals surface area contributed by atoms with Crippen LogP contribution in [0.2, 0.25) is 0 Å². The molecule has 2 heterocycles. The van der Waals surface area contributed by atoms with Gasteiger partial charge >= 0.3 is 0 Å². The van der Waals surface area contributed by atoms with Crippen LogP contribution in [0.3, 0.4) is 0 Å². The van der Waals surface area contributed by atoms with Gasteiger partial charge in [0, 0.05) is 11.5 Å². The minimum atomic E-state index is -0.345. The Morgan fingerprint density at radius 3 is 3.05 bits per heavy atom. The first-order valence-electron chi connectivity index (χ1n) is 6.53. The summed E-state index contributed by atoms with van der Waals surface area (Å²) in [4.78, 5) is 5.45. The molecule has 0 saturated heterocycles. The van der Waals surface area contributed by atoms with Crippen LogP contribution in [-0.4, -0.2) is 16.7 Å². The van der Waals surface area contributed by atoms with Gasteiger partial charge in [0.15, 0.2) is 0 Å². The first-order chi connectivity index (χ1) is 9.29. The summed E-state index contributed by atoms with van der Waals surface area (Å²) < 4.78 is 11.0. The number of hydrogen-bond donors (Lipinski definition) is 1. The molecule has 5 nitrogen and oxygen atoms in total. The topological polar surface area (TPSA) is 74.2 Å². The number of hydrogen-bond acceptors (Lipinski definition) is 6. The standard InChI is InChI=1S/C13H17N3O2S/c1-2-17-11(8-5-6-8)12-15-13(18-16-12)10(14)9-4-3-7-19-9/h3-4,7-8,10-11H,2,5-6,14H2,1H3. The van der Waals surface area contributed by atoms with Gasteiger partial charge in [-0.1, -0.05) is 11.2 Å². The first-order valence-corrected chi connectivity index (χ1v) is 7.41. The van der Waals surface area contributed by atoms with Crippen LogP contribution in [0.1, 0.15) is 48.5 Å². The number of ether oxygens (including phenoxy) is 1. The highest BCUT2D eigenvalue weighted by atomic mass is 32.1. The third kappa shape index (κ3) is 2.70. The van der Waals surface area contributed by atoms with E-state index >= 15 is 0 Å². The van der Waals surface area contributed by atoms with Crippen molar-refractivity contribution >= 4 is 11.3 Å². The largest absolute Gasteiger partial charge is 0.370 e. The Bertz CT molecular complexity index is 522. The van der Waals surface area contributed by atoms with Gasteiger partial charge in [0.05, 0.1) is 0 Å². The third-order valence-electron chi connectivity index (χ3n) is 3.22. The molecule has 1 aliphatic rings. The van der Waals surface area contributed by atoms with Crippen molar-refractivity contribution in [2.75, 3.05) is 6.61 Å². The molecule has 2 aromatic heterocycles. The highest BCUT2D eigenvalue weighted by Gasteiger charge is 2.36. The third-order valence-corrected chi connectivity index (χ3v) is 4.18. The van der Waals surface area contributed by atoms with E-state index in [1.807, 2.05) is 24.4 Å². The molecule has 0 spiro atoms. The second-order valence-corrected chi connectivity index (χ2v) is 5.68. The summed E-state index contributed by atoms with van der Waals surface area (Å²) >= 11 is 1.59. The summed E-state index contributed by atoms with van der Waals surface area (Å²) in [7, 11) is 0. The molecule has 2 atom stereocenters. The van der Waals surface area contributed by atoms with Gasteiger partial charge in [-0.3, -0.25) is 0 Å². The predicted molar refractivity (Wildman–Crippen MR) is 71.7 cm³/mol. The minimum Gasteiger partial charge on any atom is -0.370 e. The number of nitrogens with zero attached hydrogens (tertiary/aromatic N) is 2. The lowest BCUT2D eigenvalue weighted by atomic mass is 10.2. The second-order valence-electron chi connectivity index (χ2n) is 4.70. The fourth-order valence-electron chi connectivity index (χ4n) is 2.08. The lowest BCUT2D eigenvalue weighted by molar-refractivity contribution is 0.0384. The Morgan fingerprint density at radius 2 is 2.42 bits per heavy atom. The van der Waals surface area contributed by atoms with Crippen LogP contribution in [0.25, 0.3) is 0 Å². The smallest absolute Gasteiger partial charge is 0.249 e. The van der Waals surface area contributed by atoms with Crippen LogP contribution in [0.15, 0.2) is 22.0 Å². The van der Waals surface area contributed by atoms with Crippen LogP contribution in [-0.2, 0) is 4.74 Å². The van der Waals surface area contributed by atoms with E-state index < -0.39 is 0 Å². The number of nitrogens with two attached hydrogens (primary N) is 1. The molecule has 0 radical (unpaired) electrons. The van der Waals surface area contributed by atoms with E-state index in [4.69, 9.17) is 15.0 Å². The molecule has 0 bridgehead atoms. The van der Waals surface area contributed by atoms with Crippen molar-refractivity contribution in [3.63, 3.8) is 0 Å². The van der Waals surface area contributed by atoms with E-state index in [1.165, 1.54) is 12.8 Å². The van der Waals surface area contributed by atoms with Gasteiger partial charge in [0.2, 0.25) is 11.7 Å². The van der Waals surface area contributed by atoms with Crippen LogP contribution >= 0.6 is 11.3 Å². The van der Waals surface area contributed by atoms with E-state index in [0.717, 1.165) is 4.88 Å². The molecule has 2 unspecified atom stereocenters. The molecule has 102 valence electrons. The van der Waals surface area contributed by atoms with Gasteiger partial charge in [-0.2, -0.15) is 4.98 Å². The maximum atomic E-state index is 6.11. The summed E-state index contributed by atoms with van der Waals surface area (Å²) in [6.45, 7) is 2.63. The summed E-state index contributed by atoms with van der Waals surface area (Å²) in [6, 6.07) is 3.59. The number of rotatable bonds is 6. The first kappa shape index (κ1) is 12.8. The lowest BCUT2D eigenvalue weighted by Crippen LogP contribution is -2.12. The predicted octanol–water partition coefficient (Wildman–Crippen LogP) is 2.67. The molecular formula is C13H17N3O2S. The normalized spacial score (nSPS) is 18.4. The molecule has 1 fully saturated rings. The Kier molecular flexibility index (Phi) is 3.63. The van der Waals surface area contributed by atoms with Crippen molar-refractivity contribution in [1.29, 1.82) is 0 Å². The summed E-state index contributed by atoms with van der Waals surface area (Å²) in [5, 5.41) is 6.03. The Labute approximate surface area is 115 Å². The van der Waals surface area contributed by atoms with Crippen molar-refractivity contribution in [2.24, 2.45) is 11.7 Å². The Balaban J connectivity index is 1.78. The minimum absolute atomic E-state index is 0.0435. The maximum Gasteiger partial charge on any atom is 0.249 e. The number of thiophene rings is 1. The molecule has 0 aromatic carbocycles. The van der Waals surface area contributed by atoms with Gasteiger partial charge in [-0.25, -0.2) is 0 Å². The van der Waals surface area contributed by atoms with Crippen molar-refractivity contribution in [3.05, 3.63) is 34.1 Å².